The Bertz CT molecular complexity index is 1710. The zero-order valence-corrected chi connectivity index (χ0v) is 26.0. The highest BCUT2D eigenvalue weighted by Gasteiger charge is 2.31. The Morgan fingerprint density at radius 2 is 1.62 bits per heavy atom. The zero-order chi connectivity index (χ0) is 32.6. The minimum absolute atomic E-state index is 0.00330. The molecule has 4 rings (SSSR count). The molecule has 11 nitrogen and oxygen atoms in total. The topological polar surface area (TPSA) is 143 Å². The van der Waals surface area contributed by atoms with E-state index in [1.807, 2.05) is 6.08 Å². The standard InChI is InChI=1S/C29H31F3N6O5S2/c1-38-24(33-25(39)17-19-7-5-10-22(15-19)43-29(30,31)32)14-13-21(37-38)9-3-4-12-27-35-36-28(44-27)34-26(40)18-20-8-6-11-23(16-20)45(2,41)42/h5-8,10-11,13-16,37H,3-4,9,12,17-18H2,1-2H3,(H,33,39)(H,34,36,40). The number of nitrogens with zero attached hydrogens (tertiary/aromatic N) is 3. The number of sulfone groups is 1. The van der Waals surface area contributed by atoms with E-state index >= 15 is 0 Å². The molecule has 0 fully saturated rings. The molecule has 0 radical (unpaired) electrons. The summed E-state index contributed by atoms with van der Waals surface area (Å²) >= 11 is 1.28. The first-order valence-electron chi connectivity index (χ1n) is 13.7. The van der Waals surface area contributed by atoms with Crippen molar-refractivity contribution in [3.8, 4) is 5.75 Å². The Balaban J connectivity index is 1.19. The fourth-order valence-corrected chi connectivity index (χ4v) is 5.81. The summed E-state index contributed by atoms with van der Waals surface area (Å²) in [6.07, 6.45) is 2.79. The second kappa shape index (κ2) is 14.6. The van der Waals surface area contributed by atoms with Crippen LogP contribution in [0.1, 0.15) is 35.4 Å². The molecule has 0 saturated carbocycles. The number of amides is 2. The van der Waals surface area contributed by atoms with Gasteiger partial charge < -0.3 is 20.8 Å². The van der Waals surface area contributed by atoms with Gasteiger partial charge in [-0.05, 0) is 66.8 Å². The number of carbonyl (C=O) groups excluding carboxylic acids is 2. The van der Waals surface area contributed by atoms with E-state index < -0.39 is 22.1 Å². The highest BCUT2D eigenvalue weighted by molar-refractivity contribution is 7.90. The van der Waals surface area contributed by atoms with Gasteiger partial charge in [-0.3, -0.25) is 14.6 Å². The molecular weight excluding hydrogens is 633 g/mol. The molecule has 0 unspecified atom stereocenters. The van der Waals surface area contributed by atoms with Crippen LogP contribution in [0.25, 0.3) is 0 Å². The maximum atomic E-state index is 12.5. The largest absolute Gasteiger partial charge is 0.573 e. The van der Waals surface area contributed by atoms with Gasteiger partial charge in [-0.15, -0.1) is 23.4 Å². The number of anilines is 1. The number of halogens is 3. The summed E-state index contributed by atoms with van der Waals surface area (Å²) < 4.78 is 64.8. The van der Waals surface area contributed by atoms with E-state index in [4.69, 9.17) is 0 Å². The van der Waals surface area contributed by atoms with E-state index in [1.165, 1.54) is 41.7 Å². The lowest BCUT2D eigenvalue weighted by Gasteiger charge is -2.29. The first kappa shape index (κ1) is 33.5. The highest BCUT2D eigenvalue weighted by Crippen LogP contribution is 2.24. The predicted octanol–water partition coefficient (Wildman–Crippen LogP) is 4.27. The summed E-state index contributed by atoms with van der Waals surface area (Å²) in [7, 11) is -1.64. The van der Waals surface area contributed by atoms with Crippen LogP contribution in [-0.2, 0) is 38.7 Å². The van der Waals surface area contributed by atoms with Gasteiger partial charge in [0.1, 0.15) is 16.6 Å². The third-order valence-corrected chi connectivity index (χ3v) is 8.38. The number of allylic oxidation sites excluding steroid dienone is 3. The second-order valence-electron chi connectivity index (χ2n) is 10.2. The molecule has 0 saturated heterocycles. The van der Waals surface area contributed by atoms with Crippen molar-refractivity contribution in [2.24, 2.45) is 0 Å². The van der Waals surface area contributed by atoms with Gasteiger partial charge in [0, 0.05) is 25.4 Å². The average molecular weight is 665 g/mol. The van der Waals surface area contributed by atoms with E-state index in [-0.39, 0.29) is 29.4 Å². The number of aryl methyl sites for hydroxylation is 1. The predicted molar refractivity (Wildman–Crippen MR) is 161 cm³/mol. The number of alkyl halides is 3. The lowest BCUT2D eigenvalue weighted by atomic mass is 10.1. The van der Waals surface area contributed by atoms with Crippen LogP contribution in [0.3, 0.4) is 0 Å². The average Bonchev–Trinajstić information content (AvgIpc) is 3.38. The molecule has 0 atom stereocenters. The molecule has 0 spiro atoms. The normalized spacial score (nSPS) is 13.4. The van der Waals surface area contributed by atoms with Crippen LogP contribution in [0.4, 0.5) is 18.3 Å². The van der Waals surface area contributed by atoms with Crippen LogP contribution < -0.4 is 20.8 Å². The fraction of sp³-hybridized carbons (Fsp3) is 0.310. The molecule has 3 aromatic rings. The molecule has 45 heavy (non-hydrogen) atoms. The molecule has 2 aromatic carbocycles. The number of aromatic nitrogens is 2. The molecule has 1 aliphatic heterocycles. The summed E-state index contributed by atoms with van der Waals surface area (Å²) in [5.41, 5.74) is 5.06. The number of benzene rings is 2. The van der Waals surface area contributed by atoms with E-state index in [0.29, 0.717) is 28.5 Å². The maximum Gasteiger partial charge on any atom is 0.573 e. The van der Waals surface area contributed by atoms with Gasteiger partial charge in [0.2, 0.25) is 16.9 Å². The van der Waals surface area contributed by atoms with Gasteiger partial charge in [0.25, 0.3) is 0 Å². The highest BCUT2D eigenvalue weighted by atomic mass is 32.2. The van der Waals surface area contributed by atoms with Crippen molar-refractivity contribution >= 4 is 38.1 Å². The van der Waals surface area contributed by atoms with E-state index in [1.54, 1.807) is 36.3 Å². The monoisotopic (exact) mass is 664 g/mol. The van der Waals surface area contributed by atoms with Crippen LogP contribution in [0, 0.1) is 0 Å². The van der Waals surface area contributed by atoms with Crippen molar-refractivity contribution in [1.29, 1.82) is 0 Å². The summed E-state index contributed by atoms with van der Waals surface area (Å²) in [6, 6.07) is 11.5. The smallest absolute Gasteiger partial charge is 0.406 e. The SMILES string of the molecule is CN1NC(CCCCc2nnc(NC(=O)Cc3cccc(S(C)(=O)=O)c3)s2)=CC=C1NC(=O)Cc1cccc(OC(F)(F)F)c1. The number of unbranched alkanes of at least 4 members (excludes halogenated alkanes) is 1. The van der Waals surface area contributed by atoms with Crippen molar-refractivity contribution in [3.05, 3.63) is 88.3 Å². The zero-order valence-electron chi connectivity index (χ0n) is 24.3. The molecule has 0 aliphatic carbocycles. The fourth-order valence-electron chi connectivity index (χ4n) is 4.33. The molecule has 240 valence electrons. The Morgan fingerprint density at radius 3 is 2.31 bits per heavy atom. The number of hydrogen-bond acceptors (Lipinski definition) is 10. The van der Waals surface area contributed by atoms with Crippen LogP contribution in [0.2, 0.25) is 0 Å². The number of hydrazine groups is 1. The number of ether oxygens (including phenoxy) is 1. The van der Waals surface area contributed by atoms with E-state index in [9.17, 15) is 31.2 Å². The van der Waals surface area contributed by atoms with Crippen LogP contribution in [-0.4, -0.2) is 55.1 Å². The van der Waals surface area contributed by atoms with Crippen molar-refractivity contribution in [2.75, 3.05) is 18.6 Å². The number of rotatable bonds is 13. The molecule has 2 heterocycles. The Morgan fingerprint density at radius 1 is 0.956 bits per heavy atom. The van der Waals surface area contributed by atoms with Crippen molar-refractivity contribution in [1.82, 2.24) is 25.9 Å². The van der Waals surface area contributed by atoms with Gasteiger partial charge in [-0.25, -0.2) is 8.42 Å². The first-order chi connectivity index (χ1) is 21.2. The minimum atomic E-state index is -4.81. The molecule has 0 bridgehead atoms. The van der Waals surface area contributed by atoms with E-state index in [2.05, 4.69) is 31.0 Å². The Hall–Kier alpha value is -4.44. The molecular formula is C29H31F3N6O5S2. The molecule has 2 amide bonds. The lowest BCUT2D eigenvalue weighted by Crippen LogP contribution is -2.42. The Labute approximate surface area is 262 Å². The summed E-state index contributed by atoms with van der Waals surface area (Å²) in [4.78, 5) is 25.1. The maximum absolute atomic E-state index is 12.5. The third-order valence-electron chi connectivity index (χ3n) is 6.37. The molecule has 1 aliphatic rings. The van der Waals surface area contributed by atoms with Crippen LogP contribution in [0.5, 0.6) is 5.75 Å². The summed E-state index contributed by atoms with van der Waals surface area (Å²) in [5.74, 6) is -0.625. The molecule has 1 aromatic heterocycles. The molecule has 3 N–H and O–H groups in total. The van der Waals surface area contributed by atoms with Gasteiger partial charge in [0.15, 0.2) is 9.84 Å². The quantitative estimate of drug-likeness (QED) is 0.229. The Kier molecular flexibility index (Phi) is 10.8. The summed E-state index contributed by atoms with van der Waals surface area (Å²) in [5, 5.41) is 16.4. The van der Waals surface area contributed by atoms with Crippen molar-refractivity contribution in [2.45, 2.75) is 49.8 Å². The number of carbonyl (C=O) groups is 2. The molecule has 16 heteroatoms. The van der Waals surface area contributed by atoms with Crippen LogP contribution in [0.15, 0.2) is 77.1 Å². The number of hydrogen-bond donors (Lipinski definition) is 3. The first-order valence-corrected chi connectivity index (χ1v) is 16.4. The van der Waals surface area contributed by atoms with Gasteiger partial charge in [0.05, 0.1) is 17.7 Å². The second-order valence-corrected chi connectivity index (χ2v) is 13.3. The third kappa shape index (κ3) is 10.9. The summed E-state index contributed by atoms with van der Waals surface area (Å²) in [6.45, 7) is 0. The lowest BCUT2D eigenvalue weighted by molar-refractivity contribution is -0.274. The van der Waals surface area contributed by atoms with E-state index in [0.717, 1.165) is 36.2 Å². The van der Waals surface area contributed by atoms with Gasteiger partial charge in [-0.2, -0.15) is 0 Å². The minimum Gasteiger partial charge on any atom is -0.406 e. The van der Waals surface area contributed by atoms with Crippen molar-refractivity contribution in [3.63, 3.8) is 0 Å². The number of nitrogens with one attached hydrogen (secondary N) is 3. The van der Waals surface area contributed by atoms with Gasteiger partial charge in [-0.1, -0.05) is 35.6 Å². The van der Waals surface area contributed by atoms with Crippen molar-refractivity contribution < 1.29 is 35.9 Å². The van der Waals surface area contributed by atoms with Gasteiger partial charge >= 0.3 is 6.36 Å². The van der Waals surface area contributed by atoms with Crippen LogP contribution >= 0.6 is 11.3 Å².